The van der Waals surface area contributed by atoms with Gasteiger partial charge in [0.15, 0.2) is 0 Å². The van der Waals surface area contributed by atoms with Gasteiger partial charge >= 0.3 is 0 Å². The van der Waals surface area contributed by atoms with Crippen LogP contribution in [-0.2, 0) is 9.63 Å². The van der Waals surface area contributed by atoms with E-state index in [-0.39, 0.29) is 11.8 Å². The first-order chi connectivity index (χ1) is 7.11. The van der Waals surface area contributed by atoms with Gasteiger partial charge in [-0.2, -0.15) is 0 Å². The Morgan fingerprint density at radius 2 is 2.00 bits per heavy atom. The minimum absolute atomic E-state index is 0.109. The summed E-state index contributed by atoms with van der Waals surface area (Å²) in [5.41, 5.74) is 0. The van der Waals surface area contributed by atoms with Crippen molar-refractivity contribution in [2.75, 3.05) is 14.2 Å². The minimum Gasteiger partial charge on any atom is -0.275 e. The molecule has 86 valence electrons. The van der Waals surface area contributed by atoms with Crippen LogP contribution in [-0.4, -0.2) is 25.1 Å². The topological polar surface area (TPSA) is 29.5 Å². The molecule has 0 aromatic heterocycles. The van der Waals surface area contributed by atoms with Gasteiger partial charge in [-0.05, 0) is 43.4 Å². The third-order valence-corrected chi connectivity index (χ3v) is 4.03. The fourth-order valence-electron chi connectivity index (χ4n) is 3.03. The highest BCUT2D eigenvalue weighted by Crippen LogP contribution is 2.55. The Balaban J connectivity index is 1.76. The van der Waals surface area contributed by atoms with Crippen molar-refractivity contribution in [2.45, 2.75) is 32.6 Å². The second-order valence-corrected chi connectivity index (χ2v) is 5.25. The van der Waals surface area contributed by atoms with Gasteiger partial charge in [-0.25, -0.2) is 5.06 Å². The second-order valence-electron chi connectivity index (χ2n) is 5.25. The normalized spacial score (nSPS) is 34.7. The van der Waals surface area contributed by atoms with Crippen LogP contribution in [0, 0.1) is 23.7 Å². The van der Waals surface area contributed by atoms with E-state index in [1.165, 1.54) is 31.4 Å². The van der Waals surface area contributed by atoms with Crippen molar-refractivity contribution in [1.29, 1.82) is 0 Å². The van der Waals surface area contributed by atoms with E-state index in [2.05, 4.69) is 0 Å². The lowest BCUT2D eigenvalue weighted by Gasteiger charge is -2.21. The number of rotatable bonds is 4. The van der Waals surface area contributed by atoms with Crippen molar-refractivity contribution in [3.05, 3.63) is 0 Å². The first kappa shape index (κ1) is 10.9. The molecule has 1 amide bonds. The number of carbonyl (C=O) groups is 1. The average molecular weight is 211 g/mol. The van der Waals surface area contributed by atoms with Crippen molar-refractivity contribution < 1.29 is 9.63 Å². The molecule has 2 aliphatic rings. The van der Waals surface area contributed by atoms with Crippen LogP contribution in [0.5, 0.6) is 0 Å². The van der Waals surface area contributed by atoms with Crippen molar-refractivity contribution in [3.8, 4) is 0 Å². The number of amides is 1. The molecule has 3 nitrogen and oxygen atoms in total. The molecule has 0 N–H and O–H groups in total. The molecule has 0 heterocycles. The summed E-state index contributed by atoms with van der Waals surface area (Å²) in [5.74, 6) is 3.03. The number of fused-ring (bicyclic) bond motifs is 1. The molecule has 3 heteroatoms. The lowest BCUT2D eigenvalue weighted by atomic mass is 9.91. The zero-order valence-electron chi connectivity index (χ0n) is 9.90. The van der Waals surface area contributed by atoms with Crippen molar-refractivity contribution >= 4 is 5.91 Å². The number of hydrogen-bond donors (Lipinski definition) is 0. The summed E-state index contributed by atoms with van der Waals surface area (Å²) in [6.07, 6.45) is 5.22. The molecule has 0 bridgehead atoms. The molecule has 4 atom stereocenters. The lowest BCUT2D eigenvalue weighted by molar-refractivity contribution is -0.173. The smallest absolute Gasteiger partial charge is 0.248 e. The van der Waals surface area contributed by atoms with E-state index in [4.69, 9.17) is 4.84 Å². The molecule has 15 heavy (non-hydrogen) atoms. The second kappa shape index (κ2) is 4.12. The van der Waals surface area contributed by atoms with Gasteiger partial charge < -0.3 is 0 Å². The van der Waals surface area contributed by atoms with Crippen LogP contribution in [0.1, 0.15) is 32.6 Å². The molecule has 0 unspecified atom stereocenters. The number of hydroxylamine groups is 2. The zero-order valence-corrected chi connectivity index (χ0v) is 9.90. The number of nitrogens with zero attached hydrogens (tertiary/aromatic N) is 1. The molecular formula is C12H21NO2. The Kier molecular flexibility index (Phi) is 3.01. The minimum atomic E-state index is 0.109. The Labute approximate surface area is 91.7 Å². The maximum atomic E-state index is 11.8. The third-order valence-electron chi connectivity index (χ3n) is 4.03. The van der Waals surface area contributed by atoms with Crippen molar-refractivity contribution in [3.63, 3.8) is 0 Å². The molecule has 0 spiro atoms. The summed E-state index contributed by atoms with van der Waals surface area (Å²) < 4.78 is 0. The summed E-state index contributed by atoms with van der Waals surface area (Å²) >= 11 is 0. The van der Waals surface area contributed by atoms with Gasteiger partial charge in [-0.1, -0.05) is 6.92 Å². The molecule has 0 aromatic carbocycles. The van der Waals surface area contributed by atoms with E-state index in [0.29, 0.717) is 0 Å². The number of carbonyl (C=O) groups excluding carboxylic acids is 1. The third kappa shape index (κ3) is 2.33. The molecule has 2 aliphatic carbocycles. The average Bonchev–Trinajstić information content (AvgIpc) is 2.84. The van der Waals surface area contributed by atoms with Crippen LogP contribution in [0.15, 0.2) is 0 Å². The highest BCUT2D eigenvalue weighted by Gasteiger charge is 2.46. The van der Waals surface area contributed by atoms with E-state index in [1.54, 1.807) is 7.05 Å². The van der Waals surface area contributed by atoms with Gasteiger partial charge in [0.05, 0.1) is 7.11 Å². The Morgan fingerprint density at radius 3 is 2.53 bits per heavy atom. The Hall–Kier alpha value is -0.570. The molecule has 0 aliphatic heterocycles. The molecule has 2 rings (SSSR count). The summed E-state index contributed by atoms with van der Waals surface area (Å²) in [6.45, 7) is 2.02. The van der Waals surface area contributed by atoms with Gasteiger partial charge in [0.2, 0.25) is 5.91 Å². The van der Waals surface area contributed by atoms with Gasteiger partial charge in [0, 0.05) is 13.0 Å². The van der Waals surface area contributed by atoms with Gasteiger partial charge in [-0.15, -0.1) is 0 Å². The summed E-state index contributed by atoms with van der Waals surface area (Å²) in [6, 6.07) is 0. The van der Waals surface area contributed by atoms with Crippen LogP contribution in [0.2, 0.25) is 0 Å². The molecule has 0 aromatic rings. The predicted octanol–water partition coefficient (Wildman–Crippen LogP) is 2.08. The quantitative estimate of drug-likeness (QED) is 0.666. The standard InChI is InChI=1S/C12H21NO2/c1-8(12(14)13(2)15-3)4-9-5-10-7-11(10)6-9/h8-11H,4-7H2,1-3H3/t8-,9-,10-,11+/m0/s1. The summed E-state index contributed by atoms with van der Waals surface area (Å²) in [4.78, 5) is 16.7. The first-order valence-electron chi connectivity index (χ1n) is 5.93. The van der Waals surface area contributed by atoms with Gasteiger partial charge in [0.1, 0.15) is 0 Å². The zero-order chi connectivity index (χ0) is 11.0. The maximum Gasteiger partial charge on any atom is 0.248 e. The summed E-state index contributed by atoms with van der Waals surface area (Å²) in [5, 5.41) is 1.35. The van der Waals surface area contributed by atoms with Crippen molar-refractivity contribution in [1.82, 2.24) is 5.06 Å². The molecule has 0 radical (unpaired) electrons. The van der Waals surface area contributed by atoms with Crippen LogP contribution in [0.3, 0.4) is 0 Å². The Bertz CT molecular complexity index is 244. The van der Waals surface area contributed by atoms with Crippen LogP contribution >= 0.6 is 0 Å². The predicted molar refractivity (Wildman–Crippen MR) is 57.9 cm³/mol. The van der Waals surface area contributed by atoms with E-state index in [1.807, 2.05) is 6.92 Å². The fourth-order valence-corrected chi connectivity index (χ4v) is 3.03. The fraction of sp³-hybridized carbons (Fsp3) is 0.917. The summed E-state index contributed by atoms with van der Waals surface area (Å²) in [7, 11) is 3.22. The highest BCUT2D eigenvalue weighted by molar-refractivity contribution is 5.77. The van der Waals surface area contributed by atoms with E-state index in [9.17, 15) is 4.79 Å². The number of hydrogen-bond acceptors (Lipinski definition) is 2. The first-order valence-corrected chi connectivity index (χ1v) is 5.93. The van der Waals surface area contributed by atoms with Gasteiger partial charge in [-0.3, -0.25) is 9.63 Å². The van der Waals surface area contributed by atoms with E-state index in [0.717, 1.165) is 24.2 Å². The molecular weight excluding hydrogens is 190 g/mol. The van der Waals surface area contributed by atoms with Crippen LogP contribution in [0.25, 0.3) is 0 Å². The molecule has 2 saturated carbocycles. The molecule has 2 fully saturated rings. The van der Waals surface area contributed by atoms with E-state index < -0.39 is 0 Å². The van der Waals surface area contributed by atoms with E-state index >= 15 is 0 Å². The lowest BCUT2D eigenvalue weighted by Crippen LogP contribution is -2.31. The largest absolute Gasteiger partial charge is 0.275 e. The van der Waals surface area contributed by atoms with Crippen molar-refractivity contribution in [2.24, 2.45) is 23.7 Å². The Morgan fingerprint density at radius 1 is 1.40 bits per heavy atom. The van der Waals surface area contributed by atoms with Gasteiger partial charge in [0.25, 0.3) is 0 Å². The monoisotopic (exact) mass is 211 g/mol. The highest BCUT2D eigenvalue weighted by atomic mass is 16.7. The molecule has 0 saturated heterocycles. The SMILES string of the molecule is CON(C)C(=O)[C@@H](C)C[C@@H]1C[C@@H]2C[C@@H]2C1. The van der Waals surface area contributed by atoms with Crippen LogP contribution < -0.4 is 0 Å². The maximum absolute atomic E-state index is 11.8. The van der Waals surface area contributed by atoms with Crippen LogP contribution in [0.4, 0.5) is 0 Å².